The van der Waals surface area contributed by atoms with Gasteiger partial charge in [-0.05, 0) is 53.7 Å². The van der Waals surface area contributed by atoms with Crippen LogP contribution in [-0.2, 0) is 22.4 Å². The van der Waals surface area contributed by atoms with Crippen molar-refractivity contribution in [2.45, 2.75) is 19.8 Å². The zero-order chi connectivity index (χ0) is 22.8. The van der Waals surface area contributed by atoms with Crippen LogP contribution in [0.2, 0.25) is 0 Å². The first-order chi connectivity index (χ1) is 16.1. The van der Waals surface area contributed by atoms with Crippen molar-refractivity contribution >= 4 is 39.0 Å². The van der Waals surface area contributed by atoms with E-state index in [4.69, 9.17) is 9.11 Å². The molecule has 5 rings (SSSR count). The van der Waals surface area contributed by atoms with Gasteiger partial charge < -0.3 is 14.5 Å². The number of hydrogen-bond donors (Lipinski definition) is 0. The predicted octanol–water partition coefficient (Wildman–Crippen LogP) is 3.83. The van der Waals surface area contributed by atoms with E-state index in [0.29, 0.717) is 13.2 Å². The molecule has 0 N–H and O–H groups in total. The SMILES string of the molecule is COCCN1C(=O)C(C)Cc2cc(CCN3CCN(c4nsc5ccccc45)CC3)ccc21. The molecule has 174 valence electrons. The highest BCUT2D eigenvalue weighted by Crippen LogP contribution is 2.32. The number of fused-ring (bicyclic) bond motifs is 2. The Bertz CT molecular complexity index is 1120. The number of amides is 1. The molecule has 33 heavy (non-hydrogen) atoms. The maximum Gasteiger partial charge on any atom is 0.230 e. The Balaban J connectivity index is 1.19. The summed E-state index contributed by atoms with van der Waals surface area (Å²) in [5.41, 5.74) is 3.70. The van der Waals surface area contributed by atoms with Crippen LogP contribution in [0.15, 0.2) is 42.5 Å². The van der Waals surface area contributed by atoms with E-state index in [1.54, 1.807) is 18.6 Å². The standard InChI is InChI=1S/C26H32N4O2S/c1-19-17-21-18-20(7-8-23(21)30(26(19)31)15-16-32-2)9-10-28-11-13-29(14-12-28)25-22-5-3-4-6-24(22)33-27-25/h3-8,18-19H,9-17H2,1-2H3. The molecule has 2 aliphatic rings. The van der Waals surface area contributed by atoms with Crippen molar-refractivity contribution in [3.63, 3.8) is 0 Å². The van der Waals surface area contributed by atoms with Gasteiger partial charge in [-0.2, -0.15) is 4.37 Å². The third-order valence-electron chi connectivity index (χ3n) is 6.91. The van der Waals surface area contributed by atoms with Crippen molar-refractivity contribution < 1.29 is 9.53 Å². The second kappa shape index (κ2) is 9.79. The molecule has 2 aromatic carbocycles. The fourth-order valence-corrected chi connectivity index (χ4v) is 5.80. The molecule has 0 saturated carbocycles. The van der Waals surface area contributed by atoms with Gasteiger partial charge in [-0.15, -0.1) is 0 Å². The lowest BCUT2D eigenvalue weighted by molar-refractivity contribution is -0.122. The minimum absolute atomic E-state index is 0.0273. The average molecular weight is 465 g/mol. The quantitative estimate of drug-likeness (QED) is 0.532. The zero-order valence-electron chi connectivity index (χ0n) is 19.5. The monoisotopic (exact) mass is 464 g/mol. The molecule has 1 unspecified atom stereocenters. The van der Waals surface area contributed by atoms with Crippen LogP contribution in [0.5, 0.6) is 0 Å². The molecule has 1 fully saturated rings. The van der Waals surface area contributed by atoms with Gasteiger partial charge in [-0.25, -0.2) is 0 Å². The second-order valence-electron chi connectivity index (χ2n) is 9.13. The molecular formula is C26H32N4O2S. The van der Waals surface area contributed by atoms with E-state index < -0.39 is 0 Å². The first kappa shape index (κ1) is 22.3. The molecular weight excluding hydrogens is 432 g/mol. The Morgan fingerprint density at radius 2 is 1.91 bits per heavy atom. The van der Waals surface area contributed by atoms with Gasteiger partial charge >= 0.3 is 0 Å². The highest BCUT2D eigenvalue weighted by atomic mass is 32.1. The van der Waals surface area contributed by atoms with Gasteiger partial charge in [0.15, 0.2) is 0 Å². The van der Waals surface area contributed by atoms with Crippen LogP contribution >= 0.6 is 11.5 Å². The smallest absolute Gasteiger partial charge is 0.230 e. The van der Waals surface area contributed by atoms with Gasteiger partial charge in [0.1, 0.15) is 5.82 Å². The summed E-state index contributed by atoms with van der Waals surface area (Å²) in [6.45, 7) is 8.43. The lowest BCUT2D eigenvalue weighted by Gasteiger charge is -2.35. The number of carbonyl (C=O) groups is 1. The topological polar surface area (TPSA) is 48.9 Å². The van der Waals surface area contributed by atoms with E-state index in [0.717, 1.165) is 57.1 Å². The minimum Gasteiger partial charge on any atom is -0.383 e. The molecule has 7 heteroatoms. The van der Waals surface area contributed by atoms with Gasteiger partial charge in [0.2, 0.25) is 5.91 Å². The lowest BCUT2D eigenvalue weighted by Crippen LogP contribution is -2.47. The third-order valence-corrected chi connectivity index (χ3v) is 7.73. The second-order valence-corrected chi connectivity index (χ2v) is 9.94. The molecule has 0 radical (unpaired) electrons. The summed E-state index contributed by atoms with van der Waals surface area (Å²) in [6, 6.07) is 15.2. The molecule has 3 heterocycles. The number of methoxy groups -OCH3 is 1. The number of ether oxygens (including phenoxy) is 1. The summed E-state index contributed by atoms with van der Waals surface area (Å²) in [5.74, 6) is 1.38. The molecule has 3 aromatic rings. The summed E-state index contributed by atoms with van der Waals surface area (Å²) in [7, 11) is 1.68. The minimum atomic E-state index is 0.0273. The molecule has 1 atom stereocenters. The molecule has 1 aromatic heterocycles. The molecule has 0 bridgehead atoms. The maximum absolute atomic E-state index is 12.7. The normalized spacial score (nSPS) is 19.3. The Kier molecular flexibility index (Phi) is 6.62. The van der Waals surface area contributed by atoms with E-state index in [-0.39, 0.29) is 11.8 Å². The number of carbonyl (C=O) groups excluding carboxylic acids is 1. The number of nitrogens with zero attached hydrogens (tertiary/aromatic N) is 4. The van der Waals surface area contributed by atoms with Gasteiger partial charge in [0.05, 0.1) is 11.3 Å². The fourth-order valence-electron chi connectivity index (χ4n) is 5.01. The summed E-state index contributed by atoms with van der Waals surface area (Å²) in [6.07, 6.45) is 1.86. The predicted molar refractivity (Wildman–Crippen MR) is 136 cm³/mol. The summed E-state index contributed by atoms with van der Waals surface area (Å²) in [5, 5.41) is 1.28. The number of benzene rings is 2. The van der Waals surface area contributed by atoms with Crippen LogP contribution in [0.1, 0.15) is 18.1 Å². The summed E-state index contributed by atoms with van der Waals surface area (Å²) in [4.78, 5) is 19.5. The lowest BCUT2D eigenvalue weighted by atomic mass is 9.91. The first-order valence-corrected chi connectivity index (χ1v) is 12.6. The van der Waals surface area contributed by atoms with E-state index >= 15 is 0 Å². The van der Waals surface area contributed by atoms with Gasteiger partial charge in [0.25, 0.3) is 0 Å². The number of aromatic nitrogens is 1. The largest absolute Gasteiger partial charge is 0.383 e. The van der Waals surface area contributed by atoms with Crippen molar-refractivity contribution in [1.82, 2.24) is 9.27 Å². The molecule has 1 amide bonds. The molecule has 2 aliphatic heterocycles. The first-order valence-electron chi connectivity index (χ1n) is 11.9. The fraction of sp³-hybridized carbons (Fsp3) is 0.462. The van der Waals surface area contributed by atoms with Gasteiger partial charge in [-0.1, -0.05) is 31.2 Å². The third kappa shape index (κ3) is 4.63. The van der Waals surface area contributed by atoms with Crippen molar-refractivity contribution in [1.29, 1.82) is 0 Å². The van der Waals surface area contributed by atoms with Gasteiger partial charge in [-0.3, -0.25) is 9.69 Å². The molecule has 0 aliphatic carbocycles. The van der Waals surface area contributed by atoms with Crippen LogP contribution in [0.25, 0.3) is 10.1 Å². The number of piperazine rings is 1. The highest BCUT2D eigenvalue weighted by Gasteiger charge is 2.30. The van der Waals surface area contributed by atoms with E-state index in [1.807, 2.05) is 11.8 Å². The number of anilines is 2. The van der Waals surface area contributed by atoms with Gasteiger partial charge in [0, 0.05) is 63.4 Å². The van der Waals surface area contributed by atoms with Crippen LogP contribution in [0.3, 0.4) is 0 Å². The molecule has 1 saturated heterocycles. The van der Waals surface area contributed by atoms with Crippen molar-refractivity contribution in [2.75, 3.05) is 62.8 Å². The van der Waals surface area contributed by atoms with Crippen LogP contribution in [-0.4, -0.2) is 68.2 Å². The summed E-state index contributed by atoms with van der Waals surface area (Å²) < 4.78 is 11.2. The van der Waals surface area contributed by atoms with E-state index in [2.05, 4.69) is 52.3 Å². The zero-order valence-corrected chi connectivity index (χ0v) is 20.3. The average Bonchev–Trinajstić information content (AvgIpc) is 3.27. The highest BCUT2D eigenvalue weighted by molar-refractivity contribution is 7.13. The Morgan fingerprint density at radius 1 is 1.09 bits per heavy atom. The van der Waals surface area contributed by atoms with Crippen molar-refractivity contribution in [3.05, 3.63) is 53.6 Å². The van der Waals surface area contributed by atoms with Crippen LogP contribution in [0.4, 0.5) is 11.5 Å². The van der Waals surface area contributed by atoms with Crippen molar-refractivity contribution in [2.24, 2.45) is 5.92 Å². The molecule has 0 spiro atoms. The Labute approximate surface area is 199 Å². The van der Waals surface area contributed by atoms with Crippen LogP contribution < -0.4 is 9.80 Å². The van der Waals surface area contributed by atoms with Crippen LogP contribution in [0, 0.1) is 5.92 Å². The Hall–Kier alpha value is -2.48. The van der Waals surface area contributed by atoms with Crippen molar-refractivity contribution in [3.8, 4) is 0 Å². The molecule has 6 nitrogen and oxygen atoms in total. The van der Waals surface area contributed by atoms with E-state index in [1.165, 1.54) is 21.2 Å². The Morgan fingerprint density at radius 3 is 2.73 bits per heavy atom. The number of hydrogen-bond acceptors (Lipinski definition) is 6. The van der Waals surface area contributed by atoms with E-state index in [9.17, 15) is 4.79 Å². The summed E-state index contributed by atoms with van der Waals surface area (Å²) >= 11 is 1.59. The number of rotatable bonds is 7. The maximum atomic E-state index is 12.7.